The second-order valence-corrected chi connectivity index (χ2v) is 6.03. The maximum atomic E-state index is 11.6. The van der Waals surface area contributed by atoms with Gasteiger partial charge in [0.05, 0.1) is 5.92 Å². The average Bonchev–Trinajstić information content (AvgIpc) is 2.80. The molecule has 0 aliphatic carbocycles. The van der Waals surface area contributed by atoms with Crippen molar-refractivity contribution in [1.82, 2.24) is 5.32 Å². The molecule has 1 atom stereocenters. The number of carboxylic acids is 1. The molecule has 0 saturated carbocycles. The van der Waals surface area contributed by atoms with Crippen molar-refractivity contribution < 1.29 is 14.7 Å². The highest BCUT2D eigenvalue weighted by Crippen LogP contribution is 2.26. The van der Waals surface area contributed by atoms with Crippen LogP contribution in [0, 0.1) is 5.92 Å². The van der Waals surface area contributed by atoms with E-state index in [1.807, 2.05) is 17.5 Å². The van der Waals surface area contributed by atoms with E-state index >= 15 is 0 Å². The lowest BCUT2D eigenvalue weighted by atomic mass is 9.91. The fourth-order valence-electron chi connectivity index (χ4n) is 1.51. The molecule has 18 heavy (non-hydrogen) atoms. The zero-order valence-corrected chi connectivity index (χ0v) is 11.7. The summed E-state index contributed by atoms with van der Waals surface area (Å²) in [5.74, 6) is -1.80. The molecule has 0 saturated heterocycles. The zero-order valence-electron chi connectivity index (χ0n) is 10.9. The molecular formula is C13H19NO3S. The molecular weight excluding hydrogens is 250 g/mol. The van der Waals surface area contributed by atoms with Gasteiger partial charge in [0.1, 0.15) is 0 Å². The average molecular weight is 269 g/mol. The normalized spacial score (nSPS) is 13.1. The van der Waals surface area contributed by atoms with Gasteiger partial charge in [-0.25, -0.2) is 0 Å². The van der Waals surface area contributed by atoms with E-state index in [9.17, 15) is 9.59 Å². The van der Waals surface area contributed by atoms with Gasteiger partial charge in [-0.1, -0.05) is 26.8 Å². The van der Waals surface area contributed by atoms with E-state index in [0.29, 0.717) is 6.54 Å². The van der Waals surface area contributed by atoms with Gasteiger partial charge in [-0.15, -0.1) is 11.3 Å². The molecule has 0 aliphatic rings. The molecule has 1 rings (SSSR count). The van der Waals surface area contributed by atoms with Gasteiger partial charge in [0.2, 0.25) is 5.91 Å². The first-order valence-corrected chi connectivity index (χ1v) is 6.74. The highest BCUT2D eigenvalue weighted by Gasteiger charge is 2.23. The lowest BCUT2D eigenvalue weighted by Crippen LogP contribution is -2.37. The fraction of sp³-hybridized carbons (Fsp3) is 0.538. The molecule has 100 valence electrons. The summed E-state index contributed by atoms with van der Waals surface area (Å²) in [6.45, 7) is 6.16. The molecule has 1 heterocycles. The van der Waals surface area contributed by atoms with E-state index in [1.54, 1.807) is 11.3 Å². The fourth-order valence-corrected chi connectivity index (χ4v) is 2.36. The summed E-state index contributed by atoms with van der Waals surface area (Å²) in [6, 6.07) is 4.02. The lowest BCUT2D eigenvalue weighted by Gasteiger charge is -2.23. The Morgan fingerprint density at radius 2 is 2.17 bits per heavy atom. The van der Waals surface area contributed by atoms with Gasteiger partial charge >= 0.3 is 5.97 Å². The predicted octanol–water partition coefficient (Wildman–Crippen LogP) is 2.25. The van der Waals surface area contributed by atoms with Crippen LogP contribution in [0.5, 0.6) is 0 Å². The van der Waals surface area contributed by atoms with Crippen molar-refractivity contribution in [3.8, 4) is 0 Å². The maximum Gasteiger partial charge on any atom is 0.306 e. The highest BCUT2D eigenvalue weighted by molar-refractivity contribution is 7.10. The van der Waals surface area contributed by atoms with Crippen molar-refractivity contribution in [2.45, 2.75) is 32.6 Å². The molecule has 0 radical (unpaired) electrons. The Hall–Kier alpha value is -1.36. The minimum absolute atomic E-state index is 0.0237. The Bertz CT molecular complexity index is 412. The monoisotopic (exact) mass is 269 g/mol. The molecule has 2 N–H and O–H groups in total. The summed E-state index contributed by atoms with van der Waals surface area (Å²) in [6.07, 6.45) is 0.0237. The molecule has 4 nitrogen and oxygen atoms in total. The number of carboxylic acid groups (broad SMARTS) is 1. The van der Waals surface area contributed by atoms with E-state index in [2.05, 4.69) is 19.2 Å². The van der Waals surface area contributed by atoms with Crippen LogP contribution in [0.4, 0.5) is 0 Å². The van der Waals surface area contributed by atoms with Crippen LogP contribution in [0.2, 0.25) is 0 Å². The van der Waals surface area contributed by atoms with Crippen LogP contribution >= 0.6 is 11.3 Å². The van der Waals surface area contributed by atoms with Crippen LogP contribution in [0.25, 0.3) is 0 Å². The first kappa shape index (κ1) is 14.7. The smallest absolute Gasteiger partial charge is 0.306 e. The first-order valence-electron chi connectivity index (χ1n) is 5.86. The number of aliphatic carboxylic acids is 1. The predicted molar refractivity (Wildman–Crippen MR) is 71.8 cm³/mol. The third-order valence-corrected chi connectivity index (χ3v) is 4.06. The summed E-state index contributed by atoms with van der Waals surface area (Å²) < 4.78 is 0. The molecule has 1 unspecified atom stereocenters. The van der Waals surface area contributed by atoms with Gasteiger partial charge in [0.15, 0.2) is 0 Å². The molecule has 0 bridgehead atoms. The van der Waals surface area contributed by atoms with E-state index < -0.39 is 11.9 Å². The number of nitrogens with one attached hydrogen (secondary N) is 1. The maximum absolute atomic E-state index is 11.6. The minimum Gasteiger partial charge on any atom is -0.481 e. The van der Waals surface area contributed by atoms with E-state index in [4.69, 9.17) is 5.11 Å². The summed E-state index contributed by atoms with van der Waals surface area (Å²) in [5, 5.41) is 13.5. The van der Waals surface area contributed by atoms with Gasteiger partial charge in [0, 0.05) is 23.3 Å². The van der Waals surface area contributed by atoms with Crippen LogP contribution in [0.15, 0.2) is 17.5 Å². The SMILES string of the molecule is CC(CC(=O)NCC(C)(C)c1cccs1)C(=O)O. The summed E-state index contributed by atoms with van der Waals surface area (Å²) >= 11 is 1.65. The number of hydrogen-bond donors (Lipinski definition) is 2. The van der Waals surface area contributed by atoms with Gasteiger partial charge in [0.25, 0.3) is 0 Å². The van der Waals surface area contributed by atoms with E-state index in [1.165, 1.54) is 11.8 Å². The third kappa shape index (κ3) is 4.14. The molecule has 0 aromatic carbocycles. The summed E-state index contributed by atoms with van der Waals surface area (Å²) in [4.78, 5) is 23.5. The van der Waals surface area contributed by atoms with Crippen LogP contribution in [0.3, 0.4) is 0 Å². The number of amides is 1. The number of rotatable bonds is 6. The Balaban J connectivity index is 2.45. The molecule has 0 spiro atoms. The largest absolute Gasteiger partial charge is 0.481 e. The van der Waals surface area contributed by atoms with Crippen molar-refractivity contribution in [3.63, 3.8) is 0 Å². The van der Waals surface area contributed by atoms with Gasteiger partial charge in [-0.2, -0.15) is 0 Å². The van der Waals surface area contributed by atoms with Crippen molar-refractivity contribution in [3.05, 3.63) is 22.4 Å². The topological polar surface area (TPSA) is 66.4 Å². The van der Waals surface area contributed by atoms with Gasteiger partial charge in [-0.3, -0.25) is 9.59 Å². The van der Waals surface area contributed by atoms with Crippen LogP contribution in [0.1, 0.15) is 32.1 Å². The molecule has 1 amide bonds. The number of hydrogen-bond acceptors (Lipinski definition) is 3. The van der Waals surface area contributed by atoms with E-state index in [-0.39, 0.29) is 17.7 Å². The van der Waals surface area contributed by atoms with Crippen molar-refractivity contribution in [2.75, 3.05) is 6.54 Å². The Labute approximate surface area is 111 Å². The van der Waals surface area contributed by atoms with Gasteiger partial charge in [-0.05, 0) is 11.4 Å². The molecule has 0 fully saturated rings. The van der Waals surface area contributed by atoms with Crippen LogP contribution in [-0.2, 0) is 15.0 Å². The first-order chi connectivity index (χ1) is 8.33. The van der Waals surface area contributed by atoms with E-state index in [0.717, 1.165) is 0 Å². The Morgan fingerprint density at radius 1 is 1.50 bits per heavy atom. The lowest BCUT2D eigenvalue weighted by molar-refractivity contribution is -0.143. The second kappa shape index (κ2) is 6.00. The van der Waals surface area contributed by atoms with Crippen LogP contribution < -0.4 is 5.32 Å². The number of carbonyl (C=O) groups is 2. The summed E-state index contributed by atoms with van der Waals surface area (Å²) in [7, 11) is 0. The zero-order chi connectivity index (χ0) is 13.8. The van der Waals surface area contributed by atoms with Crippen molar-refractivity contribution in [1.29, 1.82) is 0 Å². The third-order valence-electron chi connectivity index (χ3n) is 2.83. The van der Waals surface area contributed by atoms with Crippen LogP contribution in [-0.4, -0.2) is 23.5 Å². The quantitative estimate of drug-likeness (QED) is 0.832. The minimum atomic E-state index is -0.942. The molecule has 0 aliphatic heterocycles. The number of thiophene rings is 1. The van der Waals surface area contributed by atoms with Crippen molar-refractivity contribution in [2.24, 2.45) is 5.92 Å². The molecule has 1 aromatic rings. The second-order valence-electron chi connectivity index (χ2n) is 5.08. The number of carbonyl (C=O) groups excluding carboxylic acids is 1. The van der Waals surface area contributed by atoms with Gasteiger partial charge < -0.3 is 10.4 Å². The van der Waals surface area contributed by atoms with Crippen molar-refractivity contribution >= 4 is 23.2 Å². The molecule has 1 aromatic heterocycles. The Kier molecular flexibility index (Phi) is 4.90. The summed E-state index contributed by atoms with van der Waals surface area (Å²) in [5.41, 5.74) is -0.129. The highest BCUT2D eigenvalue weighted by atomic mass is 32.1. The molecule has 5 heteroatoms. The standard InChI is InChI=1S/C13H19NO3S/c1-9(12(16)17)7-11(15)14-8-13(2,3)10-5-4-6-18-10/h4-6,9H,7-8H2,1-3H3,(H,14,15)(H,16,17). The Morgan fingerprint density at radius 3 is 2.67 bits per heavy atom.